The number of anilines is 1. The van der Waals surface area contributed by atoms with Gasteiger partial charge < -0.3 is 5.32 Å². The Morgan fingerprint density at radius 1 is 1.50 bits per heavy atom. The van der Waals surface area contributed by atoms with Crippen LogP contribution in [0.15, 0.2) is 23.8 Å². The standard InChI is InChI=1S/C11H10N4S/c1-8-11(16-7-15-8)6-14-9-3-2-4-13-10(9)5-12/h2-4,7,14H,6H2,1H3. The quantitative estimate of drug-likeness (QED) is 0.879. The molecule has 0 fully saturated rings. The van der Waals surface area contributed by atoms with Gasteiger partial charge in [-0.15, -0.1) is 11.3 Å². The number of aromatic nitrogens is 2. The number of hydrogen-bond acceptors (Lipinski definition) is 5. The Labute approximate surface area is 97.6 Å². The van der Waals surface area contributed by atoms with Gasteiger partial charge in [-0.25, -0.2) is 9.97 Å². The number of nitrogens with zero attached hydrogens (tertiary/aromatic N) is 3. The lowest BCUT2D eigenvalue weighted by atomic mass is 10.3. The van der Waals surface area contributed by atoms with E-state index in [1.165, 1.54) is 4.88 Å². The van der Waals surface area contributed by atoms with Gasteiger partial charge in [0.05, 0.1) is 23.4 Å². The molecule has 0 aliphatic heterocycles. The van der Waals surface area contributed by atoms with E-state index >= 15 is 0 Å². The highest BCUT2D eigenvalue weighted by Gasteiger charge is 2.04. The largest absolute Gasteiger partial charge is 0.378 e. The molecule has 0 aliphatic carbocycles. The summed E-state index contributed by atoms with van der Waals surface area (Å²) >= 11 is 1.61. The smallest absolute Gasteiger partial charge is 0.163 e. The second-order valence-corrected chi connectivity index (χ2v) is 4.17. The molecule has 80 valence electrons. The summed E-state index contributed by atoms with van der Waals surface area (Å²) in [5.74, 6) is 0. The highest BCUT2D eigenvalue weighted by atomic mass is 32.1. The first-order valence-corrected chi connectivity index (χ1v) is 5.67. The first kappa shape index (κ1) is 10.6. The van der Waals surface area contributed by atoms with Gasteiger partial charge in [0, 0.05) is 11.1 Å². The van der Waals surface area contributed by atoms with Gasteiger partial charge in [-0.3, -0.25) is 0 Å². The fraction of sp³-hybridized carbons (Fsp3) is 0.182. The second-order valence-electron chi connectivity index (χ2n) is 3.23. The van der Waals surface area contributed by atoms with Crippen LogP contribution in [0.1, 0.15) is 16.3 Å². The third-order valence-corrected chi connectivity index (χ3v) is 3.13. The number of pyridine rings is 1. The van der Waals surface area contributed by atoms with Gasteiger partial charge in [0.25, 0.3) is 0 Å². The number of rotatable bonds is 3. The molecule has 2 aromatic rings. The molecule has 2 heterocycles. The predicted octanol–water partition coefficient (Wildman–Crippen LogP) is 2.33. The van der Waals surface area contributed by atoms with Crippen molar-refractivity contribution in [2.45, 2.75) is 13.5 Å². The summed E-state index contributed by atoms with van der Waals surface area (Å²) in [7, 11) is 0. The van der Waals surface area contributed by atoms with Crippen LogP contribution < -0.4 is 5.32 Å². The van der Waals surface area contributed by atoms with Crippen LogP contribution in [0.2, 0.25) is 0 Å². The van der Waals surface area contributed by atoms with Crippen molar-refractivity contribution in [1.82, 2.24) is 9.97 Å². The van der Waals surface area contributed by atoms with Crippen LogP contribution in [0.5, 0.6) is 0 Å². The highest BCUT2D eigenvalue weighted by molar-refractivity contribution is 7.09. The average molecular weight is 230 g/mol. The average Bonchev–Trinajstić information content (AvgIpc) is 2.72. The molecule has 2 rings (SSSR count). The minimum atomic E-state index is 0.421. The molecule has 0 atom stereocenters. The van der Waals surface area contributed by atoms with Crippen LogP contribution in [0.25, 0.3) is 0 Å². The molecule has 0 spiro atoms. The molecule has 0 bridgehead atoms. The van der Waals surface area contributed by atoms with Crippen LogP contribution in [0.3, 0.4) is 0 Å². The van der Waals surface area contributed by atoms with Crippen molar-refractivity contribution in [3.8, 4) is 6.07 Å². The first-order chi connectivity index (χ1) is 7.81. The van der Waals surface area contributed by atoms with Gasteiger partial charge in [0.1, 0.15) is 6.07 Å². The summed E-state index contributed by atoms with van der Waals surface area (Å²) in [5, 5.41) is 12.1. The van der Waals surface area contributed by atoms with Gasteiger partial charge in [0.2, 0.25) is 0 Å². The fourth-order valence-electron chi connectivity index (χ4n) is 1.31. The number of nitriles is 1. The lowest BCUT2D eigenvalue weighted by molar-refractivity contribution is 1.11. The van der Waals surface area contributed by atoms with Crippen molar-refractivity contribution in [2.75, 3.05) is 5.32 Å². The summed E-state index contributed by atoms with van der Waals surface area (Å²) in [6.07, 6.45) is 1.61. The number of thiazole rings is 1. The predicted molar refractivity (Wildman–Crippen MR) is 63.1 cm³/mol. The van der Waals surface area contributed by atoms with Crippen LogP contribution in [0.4, 0.5) is 5.69 Å². The molecule has 0 radical (unpaired) electrons. The van der Waals surface area contributed by atoms with E-state index in [9.17, 15) is 0 Å². The Morgan fingerprint density at radius 2 is 2.38 bits per heavy atom. The van der Waals surface area contributed by atoms with Gasteiger partial charge in [0.15, 0.2) is 5.69 Å². The summed E-state index contributed by atoms with van der Waals surface area (Å²) in [6.45, 7) is 2.65. The maximum absolute atomic E-state index is 8.87. The van der Waals surface area contributed by atoms with Gasteiger partial charge in [-0.1, -0.05) is 0 Å². The molecule has 0 unspecified atom stereocenters. The Morgan fingerprint density at radius 3 is 3.06 bits per heavy atom. The molecular formula is C11H10N4S. The first-order valence-electron chi connectivity index (χ1n) is 4.79. The van der Waals surface area contributed by atoms with Crippen molar-refractivity contribution in [3.63, 3.8) is 0 Å². The molecule has 0 saturated carbocycles. The third-order valence-electron chi connectivity index (χ3n) is 2.20. The highest BCUT2D eigenvalue weighted by Crippen LogP contribution is 2.16. The Hall–Kier alpha value is -1.93. The summed E-state index contributed by atoms with van der Waals surface area (Å²) in [6, 6.07) is 5.71. The zero-order valence-electron chi connectivity index (χ0n) is 8.77. The molecule has 1 N–H and O–H groups in total. The van der Waals surface area contributed by atoms with Gasteiger partial charge >= 0.3 is 0 Å². The van der Waals surface area contributed by atoms with E-state index in [0.717, 1.165) is 11.4 Å². The Balaban J connectivity index is 2.11. The molecular weight excluding hydrogens is 220 g/mol. The normalized spacial score (nSPS) is 9.75. The summed E-state index contributed by atoms with van der Waals surface area (Å²) in [4.78, 5) is 9.33. The molecule has 16 heavy (non-hydrogen) atoms. The maximum Gasteiger partial charge on any atom is 0.163 e. The molecule has 2 aromatic heterocycles. The zero-order chi connectivity index (χ0) is 11.4. The van der Waals surface area contributed by atoms with Gasteiger partial charge in [-0.2, -0.15) is 5.26 Å². The molecule has 0 amide bonds. The zero-order valence-corrected chi connectivity index (χ0v) is 9.58. The van der Waals surface area contributed by atoms with E-state index in [-0.39, 0.29) is 0 Å². The Bertz CT molecular complexity index is 527. The fourth-order valence-corrected chi connectivity index (χ4v) is 2.03. The van der Waals surface area contributed by atoms with E-state index in [1.54, 1.807) is 17.5 Å². The lowest BCUT2D eigenvalue weighted by Crippen LogP contribution is -2.01. The molecule has 4 nitrogen and oxygen atoms in total. The third kappa shape index (κ3) is 2.18. The van der Waals surface area contributed by atoms with E-state index in [1.807, 2.05) is 24.6 Å². The number of aryl methyl sites for hydroxylation is 1. The maximum atomic E-state index is 8.87. The second kappa shape index (κ2) is 4.73. The minimum Gasteiger partial charge on any atom is -0.378 e. The van der Waals surface area contributed by atoms with E-state index in [0.29, 0.717) is 12.2 Å². The monoisotopic (exact) mass is 230 g/mol. The molecule has 0 saturated heterocycles. The lowest BCUT2D eigenvalue weighted by Gasteiger charge is -2.05. The number of hydrogen-bond donors (Lipinski definition) is 1. The van der Waals surface area contributed by atoms with E-state index < -0.39 is 0 Å². The van der Waals surface area contributed by atoms with E-state index in [4.69, 9.17) is 5.26 Å². The van der Waals surface area contributed by atoms with Crippen LogP contribution in [-0.2, 0) is 6.54 Å². The Kier molecular flexibility index (Phi) is 3.13. The summed E-state index contributed by atoms with van der Waals surface area (Å²) in [5.41, 5.74) is 4.03. The van der Waals surface area contributed by atoms with Crippen LogP contribution in [0, 0.1) is 18.3 Å². The molecule has 0 aromatic carbocycles. The van der Waals surface area contributed by atoms with Crippen LogP contribution in [-0.4, -0.2) is 9.97 Å². The molecule has 0 aliphatic rings. The number of nitrogens with one attached hydrogen (secondary N) is 1. The van der Waals surface area contributed by atoms with E-state index in [2.05, 4.69) is 21.4 Å². The van der Waals surface area contributed by atoms with Crippen molar-refractivity contribution >= 4 is 17.0 Å². The topological polar surface area (TPSA) is 61.6 Å². The SMILES string of the molecule is Cc1ncsc1CNc1cccnc1C#N. The van der Waals surface area contributed by atoms with Crippen molar-refractivity contribution in [2.24, 2.45) is 0 Å². The van der Waals surface area contributed by atoms with Crippen molar-refractivity contribution in [1.29, 1.82) is 5.26 Å². The van der Waals surface area contributed by atoms with Crippen molar-refractivity contribution in [3.05, 3.63) is 40.1 Å². The van der Waals surface area contributed by atoms with Gasteiger partial charge in [-0.05, 0) is 19.1 Å². The molecule has 5 heteroatoms. The van der Waals surface area contributed by atoms with Crippen molar-refractivity contribution < 1.29 is 0 Å². The minimum absolute atomic E-state index is 0.421. The van der Waals surface area contributed by atoms with Crippen LogP contribution >= 0.6 is 11.3 Å². The summed E-state index contributed by atoms with van der Waals surface area (Å²) < 4.78 is 0.